The number of anilines is 3. The largest absolute Gasteiger partial charge is 0.372 e. The zero-order chi connectivity index (χ0) is 24.6. The number of amides is 1. The molecule has 0 fully saturated rings. The first-order valence-corrected chi connectivity index (χ1v) is 11.6. The van der Waals surface area contributed by atoms with Crippen molar-refractivity contribution in [2.24, 2.45) is 0 Å². The van der Waals surface area contributed by atoms with E-state index in [2.05, 4.69) is 51.5 Å². The van der Waals surface area contributed by atoms with Crippen LogP contribution in [0.3, 0.4) is 0 Å². The van der Waals surface area contributed by atoms with Gasteiger partial charge in [0.25, 0.3) is 5.91 Å². The van der Waals surface area contributed by atoms with Crippen molar-refractivity contribution in [1.29, 1.82) is 0 Å². The van der Waals surface area contributed by atoms with E-state index in [0.717, 1.165) is 24.3 Å². The molecule has 7 heteroatoms. The van der Waals surface area contributed by atoms with E-state index in [4.69, 9.17) is 0 Å². The fourth-order valence-electron chi connectivity index (χ4n) is 3.78. The lowest BCUT2D eigenvalue weighted by Gasteiger charge is -2.21. The summed E-state index contributed by atoms with van der Waals surface area (Å²) in [6.45, 7) is 6.65. The second-order valence-corrected chi connectivity index (χ2v) is 8.02. The third-order valence-corrected chi connectivity index (χ3v) is 5.72. The van der Waals surface area contributed by atoms with Gasteiger partial charge in [0.2, 0.25) is 0 Å². The second-order valence-electron chi connectivity index (χ2n) is 8.02. The van der Waals surface area contributed by atoms with Crippen LogP contribution in [0.1, 0.15) is 29.8 Å². The normalized spacial score (nSPS) is 10.6. The molecule has 1 amide bonds. The number of nitrogens with zero attached hydrogens (tertiary/aromatic N) is 3. The molecule has 4 rings (SSSR count). The Balaban J connectivity index is 1.35. The first-order valence-electron chi connectivity index (χ1n) is 11.6. The van der Waals surface area contributed by atoms with Crippen LogP contribution in [-0.2, 0) is 6.54 Å². The first-order chi connectivity index (χ1) is 17.1. The number of hydrogen-bond acceptors (Lipinski definition) is 5. The van der Waals surface area contributed by atoms with E-state index in [1.165, 1.54) is 24.1 Å². The van der Waals surface area contributed by atoms with Crippen molar-refractivity contribution in [3.8, 4) is 11.3 Å². The number of rotatable bonds is 9. The number of nitrogens with one attached hydrogen (secondary N) is 2. The number of halogens is 1. The minimum absolute atomic E-state index is 0.139. The standard InChI is InChI=1S/C28H28FN5O/c1-3-34(4-2)25-14-8-20(9-15-25)18-30-28(35)21-10-12-24(13-11-21)33-27-17-26(31-19-32-27)22-6-5-7-23(29)16-22/h5-17,19H,3-4,18H2,1-2H3,(H,30,35)(H,31,32,33). The lowest BCUT2D eigenvalue weighted by molar-refractivity contribution is 0.0951. The van der Waals surface area contributed by atoms with Crippen molar-refractivity contribution in [1.82, 2.24) is 15.3 Å². The van der Waals surface area contributed by atoms with Gasteiger partial charge in [-0.3, -0.25) is 4.79 Å². The van der Waals surface area contributed by atoms with E-state index in [-0.39, 0.29) is 11.7 Å². The van der Waals surface area contributed by atoms with Gasteiger partial charge in [0, 0.05) is 48.2 Å². The van der Waals surface area contributed by atoms with Gasteiger partial charge < -0.3 is 15.5 Å². The molecule has 2 N–H and O–H groups in total. The van der Waals surface area contributed by atoms with Crippen LogP contribution in [0.5, 0.6) is 0 Å². The number of aromatic nitrogens is 2. The van der Waals surface area contributed by atoms with E-state index < -0.39 is 0 Å². The topological polar surface area (TPSA) is 70.2 Å². The maximum Gasteiger partial charge on any atom is 0.251 e. The number of carbonyl (C=O) groups is 1. The fourth-order valence-corrected chi connectivity index (χ4v) is 3.78. The molecule has 0 unspecified atom stereocenters. The van der Waals surface area contributed by atoms with Crippen LogP contribution in [0.15, 0.2) is 85.2 Å². The van der Waals surface area contributed by atoms with Crippen LogP contribution >= 0.6 is 0 Å². The second kappa shape index (κ2) is 11.2. The molecule has 0 atom stereocenters. The summed E-state index contributed by atoms with van der Waals surface area (Å²) < 4.78 is 13.5. The van der Waals surface area contributed by atoms with Crippen LogP contribution < -0.4 is 15.5 Å². The Labute approximate surface area is 204 Å². The van der Waals surface area contributed by atoms with E-state index in [0.29, 0.717) is 29.2 Å². The highest BCUT2D eigenvalue weighted by Gasteiger charge is 2.08. The highest BCUT2D eigenvalue weighted by molar-refractivity contribution is 5.94. The monoisotopic (exact) mass is 469 g/mol. The van der Waals surface area contributed by atoms with Crippen LogP contribution in [0.25, 0.3) is 11.3 Å². The summed E-state index contributed by atoms with van der Waals surface area (Å²) >= 11 is 0. The van der Waals surface area contributed by atoms with Crippen LogP contribution in [0.4, 0.5) is 21.6 Å². The minimum Gasteiger partial charge on any atom is -0.372 e. The molecule has 4 aromatic rings. The number of benzene rings is 3. The molecule has 3 aromatic carbocycles. The lowest BCUT2D eigenvalue weighted by Crippen LogP contribution is -2.23. The number of carbonyl (C=O) groups excluding carboxylic acids is 1. The number of hydrogen-bond donors (Lipinski definition) is 2. The zero-order valence-corrected chi connectivity index (χ0v) is 19.8. The van der Waals surface area contributed by atoms with E-state index in [1.54, 1.807) is 30.3 Å². The maximum atomic E-state index is 13.5. The van der Waals surface area contributed by atoms with E-state index in [1.807, 2.05) is 24.3 Å². The van der Waals surface area contributed by atoms with Gasteiger partial charge in [-0.2, -0.15) is 0 Å². The zero-order valence-electron chi connectivity index (χ0n) is 19.8. The van der Waals surface area contributed by atoms with E-state index >= 15 is 0 Å². The molecule has 1 aromatic heterocycles. The smallest absolute Gasteiger partial charge is 0.251 e. The van der Waals surface area contributed by atoms with E-state index in [9.17, 15) is 9.18 Å². The third-order valence-electron chi connectivity index (χ3n) is 5.72. The summed E-state index contributed by atoms with van der Waals surface area (Å²) in [7, 11) is 0. The summed E-state index contributed by atoms with van der Waals surface area (Å²) in [5.41, 5.74) is 4.86. The first kappa shape index (κ1) is 23.9. The Hall–Kier alpha value is -4.26. The summed E-state index contributed by atoms with van der Waals surface area (Å²) in [4.78, 5) is 23.3. The molecule has 0 saturated heterocycles. The van der Waals surface area contributed by atoms with Crippen molar-refractivity contribution in [3.63, 3.8) is 0 Å². The summed E-state index contributed by atoms with van der Waals surface area (Å²) in [6.07, 6.45) is 1.43. The van der Waals surface area contributed by atoms with Gasteiger partial charge in [-0.1, -0.05) is 24.3 Å². The van der Waals surface area contributed by atoms with Gasteiger partial charge in [0.1, 0.15) is 18.0 Å². The van der Waals surface area contributed by atoms with Gasteiger partial charge in [0.05, 0.1) is 5.69 Å². The van der Waals surface area contributed by atoms with Gasteiger partial charge in [0.15, 0.2) is 0 Å². The average Bonchev–Trinajstić information content (AvgIpc) is 2.89. The molecule has 6 nitrogen and oxygen atoms in total. The molecule has 0 aliphatic rings. The Morgan fingerprint density at radius 2 is 1.66 bits per heavy atom. The molecule has 178 valence electrons. The summed E-state index contributed by atoms with van der Waals surface area (Å²) in [5.74, 6) is 0.116. The van der Waals surface area contributed by atoms with Gasteiger partial charge in [-0.15, -0.1) is 0 Å². The molecule has 0 aliphatic carbocycles. The summed E-state index contributed by atoms with van der Waals surface area (Å²) in [6, 6.07) is 23.4. The molecular formula is C28H28FN5O. The van der Waals surface area contributed by atoms with Gasteiger partial charge >= 0.3 is 0 Å². The Morgan fingerprint density at radius 3 is 2.34 bits per heavy atom. The summed E-state index contributed by atoms with van der Waals surface area (Å²) in [5, 5.41) is 6.16. The van der Waals surface area contributed by atoms with Crippen LogP contribution in [0, 0.1) is 5.82 Å². The minimum atomic E-state index is -0.318. The van der Waals surface area contributed by atoms with Crippen molar-refractivity contribution >= 4 is 23.1 Å². The Morgan fingerprint density at radius 1 is 0.914 bits per heavy atom. The Kier molecular flexibility index (Phi) is 7.67. The van der Waals surface area contributed by atoms with Crippen molar-refractivity contribution in [2.75, 3.05) is 23.3 Å². The lowest BCUT2D eigenvalue weighted by atomic mass is 10.1. The molecule has 0 aliphatic heterocycles. The molecule has 1 heterocycles. The highest BCUT2D eigenvalue weighted by Crippen LogP contribution is 2.22. The molecule has 0 bridgehead atoms. The third kappa shape index (κ3) is 6.20. The molecule has 0 radical (unpaired) electrons. The predicted octanol–water partition coefficient (Wildman–Crippen LogP) is 5.80. The average molecular weight is 470 g/mol. The SMILES string of the molecule is CCN(CC)c1ccc(CNC(=O)c2ccc(Nc3cc(-c4cccc(F)c4)ncn3)cc2)cc1. The van der Waals surface area contributed by atoms with Crippen molar-refractivity contribution < 1.29 is 9.18 Å². The van der Waals surface area contributed by atoms with Crippen LogP contribution in [-0.4, -0.2) is 29.0 Å². The van der Waals surface area contributed by atoms with Crippen molar-refractivity contribution in [2.45, 2.75) is 20.4 Å². The molecule has 0 saturated carbocycles. The molecule has 35 heavy (non-hydrogen) atoms. The van der Waals surface area contributed by atoms with Gasteiger partial charge in [-0.25, -0.2) is 14.4 Å². The quantitative estimate of drug-likeness (QED) is 0.324. The Bertz CT molecular complexity index is 1270. The predicted molar refractivity (Wildman–Crippen MR) is 138 cm³/mol. The van der Waals surface area contributed by atoms with Crippen LogP contribution in [0.2, 0.25) is 0 Å². The molecular weight excluding hydrogens is 441 g/mol. The highest BCUT2D eigenvalue weighted by atomic mass is 19.1. The van der Waals surface area contributed by atoms with Crippen molar-refractivity contribution in [3.05, 3.63) is 102 Å². The fraction of sp³-hybridized carbons (Fsp3) is 0.179. The maximum absolute atomic E-state index is 13.5. The van der Waals surface area contributed by atoms with Gasteiger partial charge in [-0.05, 0) is 67.9 Å². The molecule has 0 spiro atoms.